The second-order valence-electron chi connectivity index (χ2n) is 5.59. The van der Waals surface area contributed by atoms with Crippen molar-refractivity contribution in [1.82, 2.24) is 0 Å². The summed E-state index contributed by atoms with van der Waals surface area (Å²) in [6.45, 7) is 3.01. The zero-order valence-corrected chi connectivity index (χ0v) is 11.4. The molecule has 1 aliphatic heterocycles. The quantitative estimate of drug-likeness (QED) is 0.713. The molecule has 1 saturated heterocycles. The molecule has 3 atom stereocenters. The van der Waals surface area contributed by atoms with Gasteiger partial charge in [-0.05, 0) is 49.3 Å². The Kier molecular flexibility index (Phi) is 4.66. The van der Waals surface area contributed by atoms with Gasteiger partial charge in [-0.1, -0.05) is 13.0 Å². The largest absolute Gasteiger partial charge is 0.504 e. The average molecular weight is 265 g/mol. The van der Waals surface area contributed by atoms with Crippen LogP contribution in [0.1, 0.15) is 31.7 Å². The van der Waals surface area contributed by atoms with E-state index >= 15 is 0 Å². The molecule has 0 radical (unpaired) electrons. The molecule has 0 spiro atoms. The summed E-state index contributed by atoms with van der Waals surface area (Å²) < 4.78 is 5.67. The molecule has 0 saturated carbocycles. The van der Waals surface area contributed by atoms with Gasteiger partial charge in [-0.3, -0.25) is 0 Å². The van der Waals surface area contributed by atoms with Gasteiger partial charge in [-0.2, -0.15) is 0 Å². The number of rotatable bonds is 5. The van der Waals surface area contributed by atoms with Crippen LogP contribution in [0.3, 0.4) is 0 Å². The second-order valence-corrected chi connectivity index (χ2v) is 5.59. The predicted molar refractivity (Wildman–Crippen MR) is 74.2 cm³/mol. The van der Waals surface area contributed by atoms with Crippen LogP contribution in [0.4, 0.5) is 0 Å². The fraction of sp³-hybridized carbons (Fsp3) is 0.600. The number of ether oxygens (including phenoxy) is 1. The van der Waals surface area contributed by atoms with E-state index in [-0.39, 0.29) is 23.6 Å². The minimum Gasteiger partial charge on any atom is -0.504 e. The standard InChI is InChI=1S/C15H23NO3/c1-10-7-15(19-9-10)12(16)4-2-3-11-5-6-13(17)14(18)8-11/h5-6,8,10,12,15,17-18H,2-4,7,9,16H2,1H3/t10-,12+,15+/m1/s1. The molecule has 1 heterocycles. The highest BCUT2D eigenvalue weighted by molar-refractivity contribution is 5.40. The molecule has 0 aliphatic carbocycles. The fourth-order valence-corrected chi connectivity index (χ4v) is 2.57. The second kappa shape index (κ2) is 6.26. The summed E-state index contributed by atoms with van der Waals surface area (Å²) in [5.74, 6) is 0.480. The molecule has 1 aromatic rings. The van der Waals surface area contributed by atoms with Gasteiger partial charge in [-0.15, -0.1) is 0 Å². The minimum absolute atomic E-state index is 0.0604. The number of aryl methyl sites for hydroxylation is 1. The number of hydrogen-bond acceptors (Lipinski definition) is 4. The number of nitrogens with two attached hydrogens (primary N) is 1. The molecular weight excluding hydrogens is 242 g/mol. The predicted octanol–water partition coefficient (Wildman–Crippen LogP) is 2.17. The van der Waals surface area contributed by atoms with Gasteiger partial charge >= 0.3 is 0 Å². The monoisotopic (exact) mass is 265 g/mol. The first-order chi connectivity index (χ1) is 9.06. The van der Waals surface area contributed by atoms with Gasteiger partial charge < -0.3 is 20.7 Å². The Bertz CT molecular complexity index is 422. The number of hydrogen-bond donors (Lipinski definition) is 3. The van der Waals surface area contributed by atoms with Crippen molar-refractivity contribution in [3.05, 3.63) is 23.8 Å². The maximum atomic E-state index is 9.42. The summed E-state index contributed by atoms with van der Waals surface area (Å²) in [5, 5.41) is 18.7. The molecular formula is C15H23NO3. The summed E-state index contributed by atoms with van der Waals surface area (Å²) in [6, 6.07) is 5.05. The normalized spacial score (nSPS) is 24.5. The molecule has 2 rings (SSSR count). The van der Waals surface area contributed by atoms with Gasteiger partial charge in [0.15, 0.2) is 11.5 Å². The highest BCUT2D eigenvalue weighted by Gasteiger charge is 2.26. The van der Waals surface area contributed by atoms with Crippen LogP contribution in [0, 0.1) is 5.92 Å². The van der Waals surface area contributed by atoms with E-state index in [0.717, 1.165) is 37.9 Å². The van der Waals surface area contributed by atoms with Crippen molar-refractivity contribution in [1.29, 1.82) is 0 Å². The van der Waals surface area contributed by atoms with Crippen molar-refractivity contribution in [2.45, 2.75) is 44.8 Å². The minimum atomic E-state index is -0.0752. The summed E-state index contributed by atoms with van der Waals surface area (Å²) in [7, 11) is 0. The molecule has 4 nitrogen and oxygen atoms in total. The van der Waals surface area contributed by atoms with Crippen LogP contribution in [0.2, 0.25) is 0 Å². The third-order valence-electron chi connectivity index (χ3n) is 3.75. The number of phenols is 2. The van der Waals surface area contributed by atoms with Gasteiger partial charge in [0, 0.05) is 12.6 Å². The molecule has 1 fully saturated rings. The Labute approximate surface area is 114 Å². The van der Waals surface area contributed by atoms with E-state index in [1.54, 1.807) is 6.07 Å². The van der Waals surface area contributed by atoms with Crippen LogP contribution >= 0.6 is 0 Å². The van der Waals surface area contributed by atoms with Crippen LogP contribution in [0.25, 0.3) is 0 Å². The van der Waals surface area contributed by atoms with Crippen molar-refractivity contribution in [3.8, 4) is 11.5 Å². The van der Waals surface area contributed by atoms with E-state index in [4.69, 9.17) is 10.5 Å². The molecule has 106 valence electrons. The number of phenolic OH excluding ortho intramolecular Hbond substituents is 2. The van der Waals surface area contributed by atoms with Crippen LogP contribution in [-0.4, -0.2) is 29.0 Å². The van der Waals surface area contributed by atoms with E-state index in [1.807, 2.05) is 6.07 Å². The van der Waals surface area contributed by atoms with Gasteiger partial charge in [0.1, 0.15) is 0 Å². The van der Waals surface area contributed by atoms with Gasteiger partial charge in [-0.25, -0.2) is 0 Å². The highest BCUT2D eigenvalue weighted by Crippen LogP contribution is 2.26. The van der Waals surface area contributed by atoms with Gasteiger partial charge in [0.2, 0.25) is 0 Å². The van der Waals surface area contributed by atoms with E-state index in [2.05, 4.69) is 6.92 Å². The molecule has 19 heavy (non-hydrogen) atoms. The lowest BCUT2D eigenvalue weighted by Crippen LogP contribution is -2.34. The Balaban J connectivity index is 1.75. The molecule has 1 aromatic carbocycles. The molecule has 0 bridgehead atoms. The van der Waals surface area contributed by atoms with Crippen molar-refractivity contribution in [2.24, 2.45) is 11.7 Å². The van der Waals surface area contributed by atoms with Crippen molar-refractivity contribution in [3.63, 3.8) is 0 Å². The van der Waals surface area contributed by atoms with Crippen molar-refractivity contribution < 1.29 is 14.9 Å². The van der Waals surface area contributed by atoms with Crippen LogP contribution in [0.15, 0.2) is 18.2 Å². The number of aromatic hydroxyl groups is 2. The van der Waals surface area contributed by atoms with Gasteiger partial charge in [0.25, 0.3) is 0 Å². The lowest BCUT2D eigenvalue weighted by Gasteiger charge is -2.18. The lowest BCUT2D eigenvalue weighted by molar-refractivity contribution is 0.0844. The molecule has 0 unspecified atom stereocenters. The average Bonchev–Trinajstić information content (AvgIpc) is 2.80. The van der Waals surface area contributed by atoms with Crippen LogP contribution < -0.4 is 5.73 Å². The highest BCUT2D eigenvalue weighted by atomic mass is 16.5. The Morgan fingerprint density at radius 3 is 2.79 bits per heavy atom. The zero-order chi connectivity index (χ0) is 13.8. The SMILES string of the molecule is C[C@H]1CO[C@H]([C@@H](N)CCCc2ccc(O)c(O)c2)C1. The molecule has 4 heteroatoms. The van der Waals surface area contributed by atoms with Crippen molar-refractivity contribution in [2.75, 3.05) is 6.61 Å². The third-order valence-corrected chi connectivity index (χ3v) is 3.75. The molecule has 0 aromatic heterocycles. The Morgan fingerprint density at radius 1 is 1.37 bits per heavy atom. The van der Waals surface area contributed by atoms with Crippen molar-refractivity contribution >= 4 is 0 Å². The maximum Gasteiger partial charge on any atom is 0.157 e. The zero-order valence-electron chi connectivity index (χ0n) is 11.4. The first-order valence-corrected chi connectivity index (χ1v) is 6.94. The van der Waals surface area contributed by atoms with E-state index < -0.39 is 0 Å². The molecule has 4 N–H and O–H groups in total. The van der Waals surface area contributed by atoms with E-state index in [9.17, 15) is 10.2 Å². The number of benzene rings is 1. The lowest BCUT2D eigenvalue weighted by atomic mass is 9.98. The van der Waals surface area contributed by atoms with Crippen LogP contribution in [0.5, 0.6) is 11.5 Å². The summed E-state index contributed by atoms with van der Waals surface area (Å²) >= 11 is 0. The summed E-state index contributed by atoms with van der Waals surface area (Å²) in [6.07, 6.45) is 3.98. The molecule has 1 aliphatic rings. The Morgan fingerprint density at radius 2 is 2.16 bits per heavy atom. The topological polar surface area (TPSA) is 75.7 Å². The smallest absolute Gasteiger partial charge is 0.157 e. The van der Waals surface area contributed by atoms with E-state index in [1.165, 1.54) is 6.07 Å². The summed E-state index contributed by atoms with van der Waals surface area (Å²) in [4.78, 5) is 0. The van der Waals surface area contributed by atoms with E-state index in [0.29, 0.717) is 5.92 Å². The van der Waals surface area contributed by atoms with Crippen LogP contribution in [-0.2, 0) is 11.2 Å². The fourth-order valence-electron chi connectivity index (χ4n) is 2.57. The maximum absolute atomic E-state index is 9.42. The first kappa shape index (κ1) is 14.2. The summed E-state index contributed by atoms with van der Waals surface area (Å²) in [5.41, 5.74) is 7.16. The Hall–Kier alpha value is -1.26. The first-order valence-electron chi connectivity index (χ1n) is 6.94. The molecule has 0 amide bonds. The van der Waals surface area contributed by atoms with Gasteiger partial charge in [0.05, 0.1) is 6.10 Å². The third kappa shape index (κ3) is 3.85.